The van der Waals surface area contributed by atoms with Crippen LogP contribution in [0.2, 0.25) is 0 Å². The maximum absolute atomic E-state index is 12.9. The summed E-state index contributed by atoms with van der Waals surface area (Å²) in [6.07, 6.45) is 2.79. The van der Waals surface area contributed by atoms with E-state index in [-0.39, 0.29) is 11.9 Å². The molecule has 1 aliphatic rings. The SMILES string of the molecule is N[C@H]1CCc2[nH]nc(-c3ccc(F)cc3)c2C1. The molecular formula is C13H14FN3. The predicted molar refractivity (Wildman–Crippen MR) is 64.0 cm³/mol. The van der Waals surface area contributed by atoms with E-state index in [9.17, 15) is 4.39 Å². The molecule has 4 heteroatoms. The molecule has 1 aromatic heterocycles. The molecule has 3 nitrogen and oxygen atoms in total. The lowest BCUT2D eigenvalue weighted by Crippen LogP contribution is -2.27. The van der Waals surface area contributed by atoms with Gasteiger partial charge < -0.3 is 5.73 Å². The molecule has 0 spiro atoms. The smallest absolute Gasteiger partial charge is 0.123 e. The Balaban J connectivity index is 2.04. The number of benzene rings is 1. The largest absolute Gasteiger partial charge is 0.327 e. The van der Waals surface area contributed by atoms with Gasteiger partial charge in [0.15, 0.2) is 0 Å². The highest BCUT2D eigenvalue weighted by Gasteiger charge is 2.21. The standard InChI is InChI=1S/C13H14FN3/c14-9-3-1-8(2-4-9)13-11-7-10(15)5-6-12(11)16-17-13/h1-4,10H,5-7,15H2,(H,16,17)/t10-/m0/s1. The van der Waals surface area contributed by atoms with Crippen molar-refractivity contribution in [3.63, 3.8) is 0 Å². The van der Waals surface area contributed by atoms with Crippen LogP contribution >= 0.6 is 0 Å². The Kier molecular flexibility index (Phi) is 2.44. The molecular weight excluding hydrogens is 217 g/mol. The molecule has 1 aromatic carbocycles. The second-order valence-corrected chi connectivity index (χ2v) is 4.54. The zero-order chi connectivity index (χ0) is 11.8. The number of nitrogens with one attached hydrogen (secondary N) is 1. The van der Waals surface area contributed by atoms with Gasteiger partial charge in [0.25, 0.3) is 0 Å². The van der Waals surface area contributed by atoms with Crippen molar-refractivity contribution in [1.82, 2.24) is 10.2 Å². The van der Waals surface area contributed by atoms with Crippen molar-refractivity contribution in [3.8, 4) is 11.3 Å². The van der Waals surface area contributed by atoms with Crippen LogP contribution in [-0.2, 0) is 12.8 Å². The minimum absolute atomic E-state index is 0.208. The first-order chi connectivity index (χ1) is 8.24. The highest BCUT2D eigenvalue weighted by Crippen LogP contribution is 2.29. The van der Waals surface area contributed by atoms with Gasteiger partial charge in [-0.25, -0.2) is 4.39 Å². The van der Waals surface area contributed by atoms with Crippen molar-refractivity contribution in [3.05, 3.63) is 41.3 Å². The Bertz CT molecular complexity index is 530. The van der Waals surface area contributed by atoms with Crippen LogP contribution in [0.3, 0.4) is 0 Å². The summed E-state index contributed by atoms with van der Waals surface area (Å²) >= 11 is 0. The highest BCUT2D eigenvalue weighted by molar-refractivity contribution is 5.64. The third-order valence-corrected chi connectivity index (χ3v) is 3.30. The second kappa shape index (κ2) is 3.96. The lowest BCUT2D eigenvalue weighted by Gasteiger charge is -2.18. The van der Waals surface area contributed by atoms with Gasteiger partial charge in [0.2, 0.25) is 0 Å². The summed E-state index contributed by atoms with van der Waals surface area (Å²) in [6, 6.07) is 6.63. The van der Waals surface area contributed by atoms with Crippen molar-refractivity contribution < 1.29 is 4.39 Å². The molecule has 0 unspecified atom stereocenters. The number of fused-ring (bicyclic) bond motifs is 1. The fourth-order valence-electron chi connectivity index (χ4n) is 2.37. The van der Waals surface area contributed by atoms with Crippen molar-refractivity contribution in [2.45, 2.75) is 25.3 Å². The van der Waals surface area contributed by atoms with Gasteiger partial charge >= 0.3 is 0 Å². The number of aryl methyl sites for hydroxylation is 1. The van der Waals surface area contributed by atoms with E-state index >= 15 is 0 Å². The Hall–Kier alpha value is -1.68. The molecule has 88 valence electrons. The van der Waals surface area contributed by atoms with Crippen LogP contribution < -0.4 is 5.73 Å². The van der Waals surface area contributed by atoms with Crippen molar-refractivity contribution in [2.75, 3.05) is 0 Å². The molecule has 1 heterocycles. The fraction of sp³-hybridized carbons (Fsp3) is 0.308. The van der Waals surface area contributed by atoms with Crippen molar-refractivity contribution in [1.29, 1.82) is 0 Å². The Morgan fingerprint density at radius 2 is 2.06 bits per heavy atom. The van der Waals surface area contributed by atoms with Crippen LogP contribution in [0.1, 0.15) is 17.7 Å². The molecule has 0 saturated carbocycles. The molecule has 0 aliphatic heterocycles. The number of halogens is 1. The third-order valence-electron chi connectivity index (χ3n) is 3.30. The summed E-state index contributed by atoms with van der Waals surface area (Å²) in [5.41, 5.74) is 10.2. The van der Waals surface area contributed by atoms with Gasteiger partial charge in [-0.3, -0.25) is 5.10 Å². The number of hydrogen-bond acceptors (Lipinski definition) is 2. The maximum atomic E-state index is 12.9. The molecule has 0 radical (unpaired) electrons. The lowest BCUT2D eigenvalue weighted by molar-refractivity contribution is 0.572. The van der Waals surface area contributed by atoms with Crippen molar-refractivity contribution >= 4 is 0 Å². The average Bonchev–Trinajstić information content (AvgIpc) is 2.73. The van der Waals surface area contributed by atoms with Gasteiger partial charge in [0, 0.05) is 22.9 Å². The van der Waals surface area contributed by atoms with E-state index in [1.807, 2.05) is 0 Å². The molecule has 0 amide bonds. The number of nitrogens with zero attached hydrogens (tertiary/aromatic N) is 1. The molecule has 0 saturated heterocycles. The van der Waals surface area contributed by atoms with Crippen LogP contribution in [0.5, 0.6) is 0 Å². The van der Waals surface area contributed by atoms with E-state index < -0.39 is 0 Å². The van der Waals surface area contributed by atoms with Crippen LogP contribution in [0, 0.1) is 5.82 Å². The van der Waals surface area contributed by atoms with Crippen LogP contribution in [0.4, 0.5) is 4.39 Å². The van der Waals surface area contributed by atoms with E-state index in [0.29, 0.717) is 0 Å². The molecule has 17 heavy (non-hydrogen) atoms. The first-order valence-electron chi connectivity index (χ1n) is 5.81. The Labute approximate surface area is 98.8 Å². The van der Waals surface area contributed by atoms with Gasteiger partial charge in [-0.1, -0.05) is 0 Å². The van der Waals surface area contributed by atoms with E-state index in [1.54, 1.807) is 12.1 Å². The summed E-state index contributed by atoms with van der Waals surface area (Å²) < 4.78 is 12.9. The molecule has 1 aliphatic carbocycles. The molecule has 3 rings (SSSR count). The number of hydrogen-bond donors (Lipinski definition) is 2. The number of nitrogens with two attached hydrogens (primary N) is 1. The van der Waals surface area contributed by atoms with Crippen LogP contribution in [0.15, 0.2) is 24.3 Å². The van der Waals surface area contributed by atoms with Gasteiger partial charge in [0.05, 0.1) is 5.69 Å². The molecule has 2 aromatic rings. The topological polar surface area (TPSA) is 54.7 Å². The summed E-state index contributed by atoms with van der Waals surface area (Å²) in [5, 5.41) is 7.39. The van der Waals surface area contributed by atoms with Gasteiger partial charge in [-0.2, -0.15) is 5.10 Å². The third kappa shape index (κ3) is 1.85. The zero-order valence-corrected chi connectivity index (χ0v) is 9.41. The summed E-state index contributed by atoms with van der Waals surface area (Å²) in [4.78, 5) is 0. The normalized spacial score (nSPS) is 19.1. The van der Waals surface area contributed by atoms with E-state index in [0.717, 1.165) is 30.5 Å². The molecule has 0 bridgehead atoms. The van der Waals surface area contributed by atoms with Gasteiger partial charge in [-0.15, -0.1) is 0 Å². The summed E-state index contributed by atoms with van der Waals surface area (Å²) in [5.74, 6) is -0.227. The Morgan fingerprint density at radius 3 is 2.82 bits per heavy atom. The van der Waals surface area contributed by atoms with Gasteiger partial charge in [0.1, 0.15) is 5.82 Å². The van der Waals surface area contributed by atoms with Crippen LogP contribution in [-0.4, -0.2) is 16.2 Å². The quantitative estimate of drug-likeness (QED) is 0.789. The minimum Gasteiger partial charge on any atom is -0.327 e. The number of H-pyrrole nitrogens is 1. The summed E-state index contributed by atoms with van der Waals surface area (Å²) in [7, 11) is 0. The molecule has 3 N–H and O–H groups in total. The number of rotatable bonds is 1. The lowest BCUT2D eigenvalue weighted by atomic mass is 9.90. The number of aromatic nitrogens is 2. The van der Waals surface area contributed by atoms with Gasteiger partial charge in [-0.05, 0) is 43.5 Å². The van der Waals surface area contributed by atoms with Crippen LogP contribution in [0.25, 0.3) is 11.3 Å². The minimum atomic E-state index is -0.227. The second-order valence-electron chi connectivity index (χ2n) is 4.54. The highest BCUT2D eigenvalue weighted by atomic mass is 19.1. The monoisotopic (exact) mass is 231 g/mol. The Morgan fingerprint density at radius 1 is 1.29 bits per heavy atom. The van der Waals surface area contributed by atoms with E-state index in [2.05, 4.69) is 10.2 Å². The zero-order valence-electron chi connectivity index (χ0n) is 9.41. The van der Waals surface area contributed by atoms with Crippen molar-refractivity contribution in [2.24, 2.45) is 5.73 Å². The summed E-state index contributed by atoms with van der Waals surface area (Å²) in [6.45, 7) is 0. The first-order valence-corrected chi connectivity index (χ1v) is 5.81. The fourth-order valence-corrected chi connectivity index (χ4v) is 2.37. The number of aromatic amines is 1. The first kappa shape index (κ1) is 10.5. The molecule has 0 fully saturated rings. The predicted octanol–water partition coefficient (Wildman–Crippen LogP) is 2.03. The van der Waals surface area contributed by atoms with E-state index in [4.69, 9.17) is 5.73 Å². The van der Waals surface area contributed by atoms with E-state index in [1.165, 1.54) is 23.4 Å². The molecule has 1 atom stereocenters. The maximum Gasteiger partial charge on any atom is 0.123 e. The average molecular weight is 231 g/mol.